The van der Waals surface area contributed by atoms with Crippen LogP contribution >= 0.6 is 0 Å². The zero-order valence-electron chi connectivity index (χ0n) is 17.4. The fourth-order valence-corrected chi connectivity index (χ4v) is 2.96. The highest BCUT2D eigenvalue weighted by molar-refractivity contribution is 4.92. The third-order valence-corrected chi connectivity index (χ3v) is 5.13. The Labute approximate surface area is 187 Å². The molecule has 0 aromatic heterocycles. The van der Waals surface area contributed by atoms with E-state index in [0.717, 1.165) is 0 Å². The normalized spacial score (nSPS) is 42.1. The maximum atomic E-state index is 9.84. The number of hydrogen-bond donors (Lipinski definition) is 13. The average molecular weight is 494 g/mol. The summed E-state index contributed by atoms with van der Waals surface area (Å²) in [5.41, 5.74) is 0. The second-order valence-electron chi connectivity index (χ2n) is 7.52. The van der Waals surface area contributed by atoms with Crippen LogP contribution in [0.1, 0.15) is 0 Å². The van der Waals surface area contributed by atoms with Gasteiger partial charge in [0.05, 0.1) is 26.4 Å². The highest BCUT2D eigenvalue weighted by Gasteiger charge is 2.49. The largest absolute Gasteiger partial charge is 0.394 e. The fraction of sp³-hybridized carbons (Fsp3) is 1.00. The van der Waals surface area contributed by atoms with Gasteiger partial charge in [-0.3, -0.25) is 0 Å². The van der Waals surface area contributed by atoms with Crippen molar-refractivity contribution in [1.82, 2.24) is 0 Å². The van der Waals surface area contributed by atoms with E-state index in [1.54, 1.807) is 0 Å². The molecule has 0 spiro atoms. The molecule has 0 bridgehead atoms. The lowest BCUT2D eigenvalue weighted by Crippen LogP contribution is -2.63. The molecule has 16 nitrogen and oxygen atoms in total. The van der Waals surface area contributed by atoms with Crippen molar-refractivity contribution < 1.29 is 80.6 Å². The van der Waals surface area contributed by atoms with Gasteiger partial charge in [-0.2, -0.15) is 0 Å². The van der Waals surface area contributed by atoms with Gasteiger partial charge in [-0.25, -0.2) is 0 Å². The van der Waals surface area contributed by atoms with Crippen LogP contribution in [0.4, 0.5) is 0 Å². The summed E-state index contributed by atoms with van der Waals surface area (Å²) in [5.74, 6) is 0. The molecule has 0 aromatic rings. The van der Waals surface area contributed by atoms with Gasteiger partial charge in [-0.15, -0.1) is 0 Å². The predicted molar refractivity (Wildman–Crippen MR) is 101 cm³/mol. The van der Waals surface area contributed by atoms with Gasteiger partial charge in [-0.1, -0.05) is 0 Å². The van der Waals surface area contributed by atoms with Crippen molar-refractivity contribution in [2.45, 2.75) is 79.7 Å². The Morgan fingerprint density at radius 2 is 0.879 bits per heavy atom. The highest BCUT2D eigenvalue weighted by atomic mass is 16.8. The molecule has 16 heteroatoms. The summed E-state index contributed by atoms with van der Waals surface area (Å²) >= 11 is 0. The number of hydrogen-bond acceptors (Lipinski definition) is 16. The van der Waals surface area contributed by atoms with E-state index in [1.807, 2.05) is 0 Å². The molecule has 13 N–H and O–H groups in total. The van der Waals surface area contributed by atoms with Crippen LogP contribution in [-0.4, -0.2) is 173 Å². The summed E-state index contributed by atoms with van der Waals surface area (Å²) in [4.78, 5) is 0. The zero-order chi connectivity index (χ0) is 25.5. The first kappa shape index (κ1) is 30.4. The molecule has 13 atom stereocenters. The van der Waals surface area contributed by atoms with Crippen molar-refractivity contribution in [3.8, 4) is 0 Å². The molecule has 2 fully saturated rings. The molecular formula is C17H34O16. The van der Waals surface area contributed by atoms with Crippen LogP contribution in [0.15, 0.2) is 0 Å². The van der Waals surface area contributed by atoms with E-state index in [0.29, 0.717) is 0 Å². The van der Waals surface area contributed by atoms with Gasteiger partial charge in [-0.05, 0) is 0 Å². The van der Waals surface area contributed by atoms with E-state index < -0.39 is 106 Å². The van der Waals surface area contributed by atoms with Gasteiger partial charge in [0.25, 0.3) is 0 Å². The first-order valence-corrected chi connectivity index (χ1v) is 9.97. The zero-order valence-corrected chi connectivity index (χ0v) is 17.4. The minimum absolute atomic E-state index is 0.641. The molecule has 0 aliphatic carbocycles. The number of ether oxygens (including phenoxy) is 3. The summed E-state index contributed by atoms with van der Waals surface area (Å²) in [6, 6.07) is 0. The molecule has 2 heterocycles. The van der Waals surface area contributed by atoms with Gasteiger partial charge < -0.3 is 80.6 Å². The minimum Gasteiger partial charge on any atom is -0.394 e. The van der Waals surface area contributed by atoms with E-state index in [-0.39, 0.29) is 0 Å². The topological polar surface area (TPSA) is 291 Å². The molecule has 33 heavy (non-hydrogen) atoms. The monoisotopic (exact) mass is 494 g/mol. The SMILES string of the molecule is OC[C@@H](O)[C@@H](O)[C@@H](O)CO.OC[C@H]1O[C@H](O[C@H]2O[C@H](CO)[C@@H](O)[C@H](O)[C@H]2O)[C@H](O)[C@@H](O)[C@@H]1O. The highest BCUT2D eigenvalue weighted by Crippen LogP contribution is 2.27. The predicted octanol–water partition coefficient (Wildman–Crippen LogP) is -8.34. The van der Waals surface area contributed by atoms with Gasteiger partial charge in [0.2, 0.25) is 0 Å². The lowest BCUT2D eigenvalue weighted by Gasteiger charge is -2.44. The second kappa shape index (κ2) is 14.0. The minimum atomic E-state index is -1.72. The Bertz CT molecular complexity index is 493. The lowest BCUT2D eigenvalue weighted by atomic mass is 9.98. The summed E-state index contributed by atoms with van der Waals surface area (Å²) in [7, 11) is 0. The molecule has 0 aromatic carbocycles. The molecule has 2 saturated heterocycles. The standard InChI is InChI=1S/C12H22O11.C5H12O5/c13-1-3-5(15)7(17)9(19)11(21-3)23-12-10(20)8(18)6(16)4(2-14)22-12;6-1-3(8)5(10)4(9)2-7/h3-20H,1-2H2;3-10H,1-2H2/t3-,4-,5-,6-,7+,8+,9-,10-,11-,12-;3-,4+,5-/m1./s1. The Kier molecular flexibility index (Phi) is 12.9. The molecule has 0 saturated carbocycles. The van der Waals surface area contributed by atoms with Crippen LogP contribution in [0.25, 0.3) is 0 Å². The van der Waals surface area contributed by atoms with Crippen LogP contribution in [0.5, 0.6) is 0 Å². The average Bonchev–Trinajstić information content (AvgIpc) is 2.83. The van der Waals surface area contributed by atoms with Crippen molar-refractivity contribution in [2.24, 2.45) is 0 Å². The summed E-state index contributed by atoms with van der Waals surface area (Å²) in [6.45, 7) is -2.62. The molecule has 2 aliphatic rings. The van der Waals surface area contributed by atoms with E-state index in [1.165, 1.54) is 0 Å². The fourth-order valence-electron chi connectivity index (χ4n) is 2.96. The molecule has 0 amide bonds. The maximum absolute atomic E-state index is 9.84. The Hall–Kier alpha value is -0.640. The number of aliphatic hydroxyl groups excluding tert-OH is 13. The van der Waals surface area contributed by atoms with Gasteiger partial charge in [0.15, 0.2) is 12.6 Å². The molecule has 198 valence electrons. The van der Waals surface area contributed by atoms with Gasteiger partial charge in [0, 0.05) is 0 Å². The second-order valence-corrected chi connectivity index (χ2v) is 7.52. The summed E-state index contributed by atoms with van der Waals surface area (Å²) in [6.07, 6.45) is -19.9. The van der Waals surface area contributed by atoms with E-state index in [2.05, 4.69) is 0 Å². The van der Waals surface area contributed by atoms with Crippen LogP contribution in [0.2, 0.25) is 0 Å². The molecule has 0 unspecified atom stereocenters. The third-order valence-electron chi connectivity index (χ3n) is 5.13. The Balaban J connectivity index is 0.000000461. The molecule has 2 aliphatic heterocycles. The van der Waals surface area contributed by atoms with Crippen molar-refractivity contribution in [1.29, 1.82) is 0 Å². The van der Waals surface area contributed by atoms with E-state index in [9.17, 15) is 30.6 Å². The van der Waals surface area contributed by atoms with Crippen molar-refractivity contribution in [3.63, 3.8) is 0 Å². The van der Waals surface area contributed by atoms with Crippen LogP contribution in [0.3, 0.4) is 0 Å². The van der Waals surface area contributed by atoms with Crippen molar-refractivity contribution >= 4 is 0 Å². The van der Waals surface area contributed by atoms with E-state index >= 15 is 0 Å². The summed E-state index contributed by atoms with van der Waals surface area (Å²) in [5, 5.41) is 119. The van der Waals surface area contributed by atoms with Crippen molar-refractivity contribution in [3.05, 3.63) is 0 Å². The first-order chi connectivity index (χ1) is 15.4. The molecule has 2 rings (SSSR count). The van der Waals surface area contributed by atoms with Crippen LogP contribution in [0, 0.1) is 0 Å². The first-order valence-electron chi connectivity index (χ1n) is 9.97. The molecule has 0 radical (unpaired) electrons. The smallest absolute Gasteiger partial charge is 0.189 e. The van der Waals surface area contributed by atoms with Crippen molar-refractivity contribution in [2.75, 3.05) is 26.4 Å². The third kappa shape index (κ3) is 7.67. The molecular weight excluding hydrogens is 460 g/mol. The quantitative estimate of drug-likeness (QED) is 0.149. The number of rotatable bonds is 8. The van der Waals surface area contributed by atoms with Gasteiger partial charge in [0.1, 0.15) is 67.1 Å². The summed E-state index contributed by atoms with van der Waals surface area (Å²) < 4.78 is 15.3. The maximum Gasteiger partial charge on any atom is 0.189 e. The van der Waals surface area contributed by atoms with Crippen LogP contribution < -0.4 is 0 Å². The number of aliphatic hydroxyl groups is 13. The Morgan fingerprint density at radius 3 is 1.15 bits per heavy atom. The Morgan fingerprint density at radius 1 is 0.545 bits per heavy atom. The van der Waals surface area contributed by atoms with E-state index in [4.69, 9.17) is 50.0 Å². The van der Waals surface area contributed by atoms with Gasteiger partial charge >= 0.3 is 0 Å². The van der Waals surface area contributed by atoms with Crippen LogP contribution in [-0.2, 0) is 14.2 Å². The lowest BCUT2D eigenvalue weighted by molar-refractivity contribution is -0.376.